The van der Waals surface area contributed by atoms with Gasteiger partial charge in [-0.15, -0.1) is 35.0 Å². The van der Waals surface area contributed by atoms with Gasteiger partial charge >= 0.3 is 25.8 Å². The van der Waals surface area contributed by atoms with E-state index in [1.165, 1.54) is 21.9 Å². The third kappa shape index (κ3) is 10.3. The van der Waals surface area contributed by atoms with E-state index in [1.54, 1.807) is 0 Å². The smallest absolute Gasteiger partial charge is 1.00 e. The first-order valence-corrected chi connectivity index (χ1v) is 5.57. The molecular formula is C18H22Cl2Hf2-2. The summed E-state index contributed by atoms with van der Waals surface area (Å²) in [6, 6.07) is 20.9. The number of benzene rings is 1. The van der Waals surface area contributed by atoms with E-state index in [0.29, 0.717) is 0 Å². The topological polar surface area (TPSA) is 0 Å². The summed E-state index contributed by atoms with van der Waals surface area (Å²) in [6.45, 7) is 4.29. The van der Waals surface area contributed by atoms with Crippen molar-refractivity contribution in [2.45, 2.75) is 13.8 Å². The molecule has 3 rings (SSSR count). The first-order chi connectivity index (χ1) is 7.77. The van der Waals surface area contributed by atoms with Crippen LogP contribution in [0.2, 0.25) is 0 Å². The van der Waals surface area contributed by atoms with Crippen molar-refractivity contribution in [3.63, 3.8) is 0 Å². The molecule has 4 heteroatoms. The van der Waals surface area contributed by atoms with Crippen LogP contribution < -0.4 is 24.8 Å². The number of halogens is 2. The molecule has 0 heterocycles. The van der Waals surface area contributed by atoms with Crippen LogP contribution in [0.5, 0.6) is 0 Å². The molecule has 3 aromatic rings. The molecular weight excluding hydrogens is 644 g/mol. The van der Waals surface area contributed by atoms with Crippen LogP contribution in [0.3, 0.4) is 0 Å². The van der Waals surface area contributed by atoms with Crippen LogP contribution in [-0.4, -0.2) is 0 Å². The standard InChI is InChI=1S/C11H11.C5H5.2CH3.2ClH.2Hf/c1-8-3-5-10-6-4-9(2)11(10)7-8;1-2-4-5-3-1;;;;;;/h3-7H,1-2H3;1-5H;2*1H3;2*1H;;/q4*-1;;;;+4/p-2. The summed E-state index contributed by atoms with van der Waals surface area (Å²) in [5, 5.41) is 2.75. The van der Waals surface area contributed by atoms with E-state index in [0.717, 1.165) is 0 Å². The second kappa shape index (κ2) is 17.8. The summed E-state index contributed by atoms with van der Waals surface area (Å²) in [6.07, 6.45) is 0. The first-order valence-electron chi connectivity index (χ1n) is 5.57. The molecule has 3 aromatic carbocycles. The predicted molar refractivity (Wildman–Crippen MR) is 83.9 cm³/mol. The Morgan fingerprint density at radius 1 is 0.909 bits per heavy atom. The van der Waals surface area contributed by atoms with Crippen molar-refractivity contribution in [2.24, 2.45) is 0 Å². The van der Waals surface area contributed by atoms with Crippen molar-refractivity contribution in [3.8, 4) is 0 Å². The van der Waals surface area contributed by atoms with E-state index < -0.39 is 0 Å². The molecule has 0 aromatic heterocycles. The van der Waals surface area contributed by atoms with Gasteiger partial charge in [-0.1, -0.05) is 12.5 Å². The molecule has 0 fully saturated rings. The Kier molecular flexibility index (Phi) is 27.6. The molecule has 22 heavy (non-hydrogen) atoms. The molecule has 0 aliphatic carbocycles. The van der Waals surface area contributed by atoms with Gasteiger partial charge in [-0.25, -0.2) is 12.1 Å². The van der Waals surface area contributed by atoms with E-state index in [9.17, 15) is 0 Å². The van der Waals surface area contributed by atoms with Crippen molar-refractivity contribution in [3.05, 3.63) is 86.6 Å². The average molecular weight is 666 g/mol. The normalized spacial score (nSPS) is 7.18. The number of aryl methyl sites for hydroxylation is 2. The zero-order valence-electron chi connectivity index (χ0n) is 13.5. The Hall–Kier alpha value is 0.500. The molecule has 0 N–H and O–H groups in total. The second-order valence-corrected chi connectivity index (χ2v) is 4.07. The summed E-state index contributed by atoms with van der Waals surface area (Å²) in [5.74, 6) is 0. The van der Waals surface area contributed by atoms with Crippen molar-refractivity contribution >= 4 is 10.8 Å². The van der Waals surface area contributed by atoms with Crippen LogP contribution in [0.15, 0.2) is 60.7 Å². The number of hydrogen-bond donors (Lipinski definition) is 0. The summed E-state index contributed by atoms with van der Waals surface area (Å²) in [5.41, 5.74) is 2.72. The molecule has 0 unspecified atom stereocenters. The Labute approximate surface area is 186 Å². The van der Waals surface area contributed by atoms with Gasteiger partial charge in [-0.3, -0.25) is 0 Å². The largest absolute Gasteiger partial charge is 4.00 e. The van der Waals surface area contributed by atoms with E-state index in [4.69, 9.17) is 0 Å². The Balaban J connectivity index is -0.0000000785. The summed E-state index contributed by atoms with van der Waals surface area (Å²) < 4.78 is 0. The van der Waals surface area contributed by atoms with Crippen molar-refractivity contribution in [2.75, 3.05) is 0 Å². The van der Waals surface area contributed by atoms with Gasteiger partial charge in [-0.2, -0.15) is 29.8 Å². The molecule has 0 spiro atoms. The molecule has 0 amide bonds. The zero-order valence-corrected chi connectivity index (χ0v) is 22.2. The third-order valence-corrected chi connectivity index (χ3v) is 2.70. The van der Waals surface area contributed by atoms with E-state index in [-0.39, 0.29) is 91.4 Å². The zero-order chi connectivity index (χ0) is 11.4. The predicted octanol–water partition coefficient (Wildman–Crippen LogP) is -0.515. The minimum Gasteiger partial charge on any atom is -1.00 e. The molecule has 0 aliphatic heterocycles. The van der Waals surface area contributed by atoms with Crippen LogP contribution in [0.25, 0.3) is 10.8 Å². The van der Waals surface area contributed by atoms with Gasteiger partial charge in [0.2, 0.25) is 0 Å². The van der Waals surface area contributed by atoms with Crippen LogP contribution in [-0.2, 0) is 51.7 Å². The molecule has 0 atom stereocenters. The SMILES string of the molecule is Cc1ccc2[cH-]cc(C)c2c1.[CH3-].[CH3-].[Cl-].[Cl-].[Hf+4].[Hf].c1cc[cH-]c1. The number of rotatable bonds is 0. The van der Waals surface area contributed by atoms with Gasteiger partial charge in [-0.05, 0) is 6.92 Å². The quantitative estimate of drug-likeness (QED) is 0.224. The molecule has 0 saturated carbocycles. The summed E-state index contributed by atoms with van der Waals surface area (Å²) >= 11 is 0. The van der Waals surface area contributed by atoms with Crippen LogP contribution in [0.1, 0.15) is 11.1 Å². The fraction of sp³-hybridized carbons (Fsp3) is 0.111. The van der Waals surface area contributed by atoms with Crippen molar-refractivity contribution in [1.82, 2.24) is 0 Å². The van der Waals surface area contributed by atoms with Gasteiger partial charge in [0.25, 0.3) is 0 Å². The molecule has 0 radical (unpaired) electrons. The average Bonchev–Trinajstić information content (AvgIpc) is 2.93. The summed E-state index contributed by atoms with van der Waals surface area (Å²) in [4.78, 5) is 0. The Morgan fingerprint density at radius 2 is 1.45 bits per heavy atom. The van der Waals surface area contributed by atoms with Crippen molar-refractivity contribution < 1.29 is 76.5 Å². The molecule has 0 nitrogen and oxygen atoms in total. The van der Waals surface area contributed by atoms with Gasteiger partial charge in [0.1, 0.15) is 0 Å². The summed E-state index contributed by atoms with van der Waals surface area (Å²) in [7, 11) is 0. The maximum absolute atomic E-state index is 2.24. The van der Waals surface area contributed by atoms with Crippen LogP contribution >= 0.6 is 0 Å². The second-order valence-electron chi connectivity index (χ2n) is 4.07. The fourth-order valence-corrected chi connectivity index (χ4v) is 1.78. The Bertz CT molecular complexity index is 540. The minimum absolute atomic E-state index is 0. The molecule has 0 aliphatic rings. The molecule has 0 saturated heterocycles. The molecule has 0 bridgehead atoms. The Morgan fingerprint density at radius 3 is 1.91 bits per heavy atom. The number of fused-ring (bicyclic) bond motifs is 1. The van der Waals surface area contributed by atoms with E-state index >= 15 is 0 Å². The molecule has 118 valence electrons. The van der Waals surface area contributed by atoms with E-state index in [2.05, 4.69) is 44.2 Å². The third-order valence-electron chi connectivity index (χ3n) is 2.70. The van der Waals surface area contributed by atoms with Gasteiger partial charge in [0.15, 0.2) is 0 Å². The van der Waals surface area contributed by atoms with Crippen molar-refractivity contribution in [1.29, 1.82) is 0 Å². The van der Waals surface area contributed by atoms with Crippen LogP contribution in [0.4, 0.5) is 0 Å². The number of hydrogen-bond acceptors (Lipinski definition) is 0. The maximum atomic E-state index is 2.24. The van der Waals surface area contributed by atoms with E-state index in [1.807, 2.05) is 30.3 Å². The van der Waals surface area contributed by atoms with Gasteiger partial charge < -0.3 is 39.7 Å². The maximum Gasteiger partial charge on any atom is 4.00 e. The van der Waals surface area contributed by atoms with Crippen LogP contribution in [0, 0.1) is 28.7 Å². The van der Waals surface area contributed by atoms with Gasteiger partial charge in [0.05, 0.1) is 0 Å². The monoisotopic (exact) mass is 668 g/mol. The minimum atomic E-state index is 0. The fourth-order valence-electron chi connectivity index (χ4n) is 1.78. The van der Waals surface area contributed by atoms with Gasteiger partial charge in [0, 0.05) is 25.8 Å². The first kappa shape index (κ1) is 34.0.